The second kappa shape index (κ2) is 6.24. The maximum absolute atomic E-state index is 11.5. The minimum Gasteiger partial charge on any atom is -0.460 e. The molecule has 6 nitrogen and oxygen atoms in total. The van der Waals surface area contributed by atoms with Crippen LogP contribution >= 0.6 is 0 Å². The summed E-state index contributed by atoms with van der Waals surface area (Å²) in [5.74, 6) is -0.566. The predicted molar refractivity (Wildman–Crippen MR) is 62.8 cm³/mol. The summed E-state index contributed by atoms with van der Waals surface area (Å²) in [5, 5.41) is 18.1. The van der Waals surface area contributed by atoms with Gasteiger partial charge < -0.3 is 25.3 Å². The van der Waals surface area contributed by atoms with Crippen molar-refractivity contribution in [3.8, 4) is 0 Å². The summed E-state index contributed by atoms with van der Waals surface area (Å²) in [7, 11) is -0.223. The molecule has 1 aromatic carbocycles. The fraction of sp³-hybridized carbons (Fsp3) is 0.300. The summed E-state index contributed by atoms with van der Waals surface area (Å²) in [4.78, 5) is 11.5. The highest BCUT2D eigenvalue weighted by Crippen LogP contribution is 2.06. The van der Waals surface area contributed by atoms with Crippen LogP contribution in [0, 0.1) is 0 Å². The molecule has 0 radical (unpaired) electrons. The first kappa shape index (κ1) is 13.5. The molecule has 0 aromatic heterocycles. The van der Waals surface area contributed by atoms with E-state index in [1.54, 1.807) is 0 Å². The molecule has 0 unspecified atom stereocenters. The molecule has 0 amide bonds. The van der Waals surface area contributed by atoms with Gasteiger partial charge in [0.05, 0.1) is 12.2 Å². The molecular weight excluding hydrogens is 225 g/mol. The zero-order chi connectivity index (χ0) is 12.8. The fourth-order valence-corrected chi connectivity index (χ4v) is 1.23. The zero-order valence-corrected chi connectivity index (χ0v) is 9.42. The van der Waals surface area contributed by atoms with Crippen LogP contribution < -0.4 is 11.2 Å². The van der Waals surface area contributed by atoms with Crippen molar-refractivity contribution in [1.29, 1.82) is 0 Å². The number of carbonyl (C=O) groups is 1. The standard InChI is InChI=1S/C10H14BNO5/c1-16-4-5-17-10(13)7-2-3-9(12)8(6-7)11(14)15/h2-3,6,14-15H,4-5,12H2,1H3. The van der Waals surface area contributed by atoms with E-state index >= 15 is 0 Å². The van der Waals surface area contributed by atoms with Crippen molar-refractivity contribution >= 4 is 24.2 Å². The average Bonchev–Trinajstić information content (AvgIpc) is 2.29. The first-order valence-electron chi connectivity index (χ1n) is 4.98. The van der Waals surface area contributed by atoms with Gasteiger partial charge in [-0.2, -0.15) is 0 Å². The summed E-state index contributed by atoms with van der Waals surface area (Å²) < 4.78 is 9.61. The van der Waals surface area contributed by atoms with Crippen LogP contribution in [0.4, 0.5) is 5.69 Å². The van der Waals surface area contributed by atoms with Crippen LogP contribution in [0.25, 0.3) is 0 Å². The Morgan fingerprint density at radius 3 is 2.71 bits per heavy atom. The second-order valence-electron chi connectivity index (χ2n) is 3.35. The van der Waals surface area contributed by atoms with E-state index in [9.17, 15) is 4.79 Å². The largest absolute Gasteiger partial charge is 0.490 e. The van der Waals surface area contributed by atoms with E-state index in [-0.39, 0.29) is 23.3 Å². The quantitative estimate of drug-likeness (QED) is 0.257. The number of carbonyl (C=O) groups excluding carboxylic acids is 1. The van der Waals surface area contributed by atoms with Crippen molar-refractivity contribution in [2.24, 2.45) is 0 Å². The van der Waals surface area contributed by atoms with Gasteiger partial charge in [-0.15, -0.1) is 0 Å². The summed E-state index contributed by atoms with van der Waals surface area (Å²) in [6, 6.07) is 4.16. The third-order valence-corrected chi connectivity index (χ3v) is 2.12. The Balaban J connectivity index is 2.77. The van der Waals surface area contributed by atoms with Gasteiger partial charge in [-0.3, -0.25) is 0 Å². The number of rotatable bonds is 5. The van der Waals surface area contributed by atoms with Gasteiger partial charge in [0, 0.05) is 18.3 Å². The Kier molecular flexibility index (Phi) is 4.95. The maximum atomic E-state index is 11.5. The molecule has 1 rings (SSSR count). The van der Waals surface area contributed by atoms with Crippen molar-refractivity contribution in [3.63, 3.8) is 0 Å². The Bertz CT molecular complexity index is 396. The van der Waals surface area contributed by atoms with E-state index in [1.165, 1.54) is 25.3 Å². The third-order valence-electron chi connectivity index (χ3n) is 2.12. The molecule has 0 atom stereocenters. The predicted octanol–water partition coefficient (Wildman–Crippen LogP) is -1.25. The monoisotopic (exact) mass is 239 g/mol. The molecule has 1 aromatic rings. The first-order chi connectivity index (χ1) is 8.06. The zero-order valence-electron chi connectivity index (χ0n) is 9.42. The van der Waals surface area contributed by atoms with Crippen molar-refractivity contribution in [2.75, 3.05) is 26.1 Å². The third kappa shape index (κ3) is 3.74. The van der Waals surface area contributed by atoms with Crippen LogP contribution in [0.2, 0.25) is 0 Å². The van der Waals surface area contributed by atoms with Crippen molar-refractivity contribution < 1.29 is 24.3 Å². The summed E-state index contributed by atoms with van der Waals surface area (Å²) >= 11 is 0. The molecule has 4 N–H and O–H groups in total. The Morgan fingerprint density at radius 2 is 2.12 bits per heavy atom. The second-order valence-corrected chi connectivity index (χ2v) is 3.35. The van der Waals surface area contributed by atoms with Gasteiger partial charge in [0.2, 0.25) is 0 Å². The van der Waals surface area contributed by atoms with Crippen molar-refractivity contribution in [2.45, 2.75) is 0 Å². The number of ether oxygens (including phenoxy) is 2. The molecule has 0 heterocycles. The lowest BCUT2D eigenvalue weighted by Gasteiger charge is -2.08. The average molecular weight is 239 g/mol. The van der Waals surface area contributed by atoms with Gasteiger partial charge in [0.1, 0.15) is 6.61 Å². The molecule has 0 aliphatic carbocycles. The molecule has 0 bridgehead atoms. The van der Waals surface area contributed by atoms with Crippen LogP contribution in [0.3, 0.4) is 0 Å². The van der Waals surface area contributed by atoms with Crippen LogP contribution in [0.15, 0.2) is 18.2 Å². The SMILES string of the molecule is COCCOC(=O)c1ccc(N)c(B(O)O)c1. The lowest BCUT2D eigenvalue weighted by molar-refractivity contribution is 0.0388. The highest BCUT2D eigenvalue weighted by molar-refractivity contribution is 6.60. The van der Waals surface area contributed by atoms with Gasteiger partial charge in [-0.1, -0.05) is 0 Å². The van der Waals surface area contributed by atoms with E-state index in [2.05, 4.69) is 0 Å². The molecule has 7 heteroatoms. The number of esters is 1. The molecule has 0 fully saturated rings. The first-order valence-corrected chi connectivity index (χ1v) is 4.98. The molecule has 0 aliphatic heterocycles. The molecule has 0 saturated heterocycles. The van der Waals surface area contributed by atoms with Crippen molar-refractivity contribution in [1.82, 2.24) is 0 Å². The van der Waals surface area contributed by atoms with Gasteiger partial charge in [-0.05, 0) is 18.2 Å². The normalized spacial score (nSPS) is 10.1. The van der Waals surface area contributed by atoms with Crippen LogP contribution in [-0.2, 0) is 9.47 Å². The molecule has 17 heavy (non-hydrogen) atoms. The smallest absolute Gasteiger partial charge is 0.460 e. The van der Waals surface area contributed by atoms with E-state index in [1.807, 2.05) is 0 Å². The number of hydrogen-bond acceptors (Lipinski definition) is 6. The minimum atomic E-state index is -1.72. The number of nitrogen functional groups attached to an aromatic ring is 1. The summed E-state index contributed by atoms with van der Waals surface area (Å²) in [6.45, 7) is 0.437. The lowest BCUT2D eigenvalue weighted by atomic mass is 9.78. The van der Waals surface area contributed by atoms with Crippen LogP contribution in [0.1, 0.15) is 10.4 Å². The van der Waals surface area contributed by atoms with E-state index in [0.29, 0.717) is 6.61 Å². The highest BCUT2D eigenvalue weighted by Gasteiger charge is 2.17. The Morgan fingerprint density at radius 1 is 1.41 bits per heavy atom. The van der Waals surface area contributed by atoms with Gasteiger partial charge in [-0.25, -0.2) is 4.79 Å². The van der Waals surface area contributed by atoms with Crippen molar-refractivity contribution in [3.05, 3.63) is 23.8 Å². The molecular formula is C10H14BNO5. The van der Waals surface area contributed by atoms with Gasteiger partial charge >= 0.3 is 13.1 Å². The highest BCUT2D eigenvalue weighted by atomic mass is 16.6. The van der Waals surface area contributed by atoms with Crippen LogP contribution in [0.5, 0.6) is 0 Å². The Hall–Kier alpha value is -1.57. The molecule has 0 aliphatic rings. The minimum absolute atomic E-state index is 0.0752. The van der Waals surface area contributed by atoms with Gasteiger partial charge in [0.15, 0.2) is 0 Å². The summed E-state index contributed by atoms with van der Waals surface area (Å²) in [5.41, 5.74) is 6.00. The fourth-order valence-electron chi connectivity index (χ4n) is 1.23. The number of benzene rings is 1. The van der Waals surface area contributed by atoms with E-state index in [4.69, 9.17) is 25.3 Å². The molecule has 0 spiro atoms. The van der Waals surface area contributed by atoms with Gasteiger partial charge in [0.25, 0.3) is 0 Å². The lowest BCUT2D eigenvalue weighted by Crippen LogP contribution is -2.33. The van der Waals surface area contributed by atoms with E-state index < -0.39 is 13.1 Å². The topological polar surface area (TPSA) is 102 Å². The summed E-state index contributed by atoms with van der Waals surface area (Å²) in [6.07, 6.45) is 0. The number of anilines is 1. The van der Waals surface area contributed by atoms with Crippen LogP contribution in [-0.4, -0.2) is 43.5 Å². The molecule has 92 valence electrons. The Labute approximate surface area is 99.1 Å². The number of nitrogens with two attached hydrogens (primary N) is 1. The number of hydrogen-bond donors (Lipinski definition) is 3. The molecule has 0 saturated carbocycles. The number of methoxy groups -OCH3 is 1. The van der Waals surface area contributed by atoms with E-state index in [0.717, 1.165) is 0 Å². The maximum Gasteiger partial charge on any atom is 0.490 e.